The minimum atomic E-state index is -1.92. The number of esters is 3. The Bertz CT molecular complexity index is 1820. The summed E-state index contributed by atoms with van der Waals surface area (Å²) < 4.78 is 28.5. The van der Waals surface area contributed by atoms with Gasteiger partial charge in [-0.05, 0) is 122 Å². The zero-order valence-electron chi connectivity index (χ0n) is 50.7. The van der Waals surface area contributed by atoms with Crippen molar-refractivity contribution in [1.29, 1.82) is 0 Å². The molecule has 12 nitrogen and oxygen atoms in total. The molecule has 460 valence electrons. The van der Waals surface area contributed by atoms with Crippen molar-refractivity contribution in [1.82, 2.24) is 0 Å². The molecule has 0 aromatic rings. The Balaban J connectivity index is 2.70. The summed E-state index contributed by atoms with van der Waals surface area (Å²) in [4.78, 5) is 51.3. The average molecular weight is 1130 g/mol. The van der Waals surface area contributed by atoms with E-state index in [1.54, 1.807) is 0 Å². The van der Waals surface area contributed by atoms with Crippen LogP contribution in [0.3, 0.4) is 0 Å². The van der Waals surface area contributed by atoms with Gasteiger partial charge in [-0.15, -0.1) is 0 Å². The highest BCUT2D eigenvalue weighted by atomic mass is 16.7. The van der Waals surface area contributed by atoms with Crippen molar-refractivity contribution in [2.24, 2.45) is 0 Å². The number of ether oxygens (including phenoxy) is 5. The van der Waals surface area contributed by atoms with Gasteiger partial charge >= 0.3 is 23.9 Å². The van der Waals surface area contributed by atoms with Crippen molar-refractivity contribution in [2.45, 2.75) is 289 Å². The lowest BCUT2D eigenvalue weighted by Crippen LogP contribution is -2.61. The number of carboxylic acid groups (broad SMARTS) is 1. The highest BCUT2D eigenvalue weighted by Gasteiger charge is 2.50. The molecule has 0 aromatic heterocycles. The molecule has 1 aliphatic rings. The lowest BCUT2D eigenvalue weighted by Gasteiger charge is -2.40. The third-order valence-corrected chi connectivity index (χ3v) is 13.8. The second-order valence-corrected chi connectivity index (χ2v) is 21.3. The predicted octanol–water partition coefficient (Wildman–Crippen LogP) is 17.0. The third-order valence-electron chi connectivity index (χ3n) is 13.8. The SMILES string of the molecule is CC/C=C\C/C=C\C/C=C\C/C=C\CCCCCCC(=O)OC1C(OCC(COC(=O)CCCCCCCCC/C=C\C/C=C\C/C=C\CC)OC(=O)CCCCCCCCC/C=C\C/C=C\CCCCC)OC(C(=O)O)C(O)C1O. The molecule has 0 aromatic carbocycles. The van der Waals surface area contributed by atoms with E-state index in [0.717, 1.165) is 167 Å². The van der Waals surface area contributed by atoms with Crippen LogP contribution in [0.5, 0.6) is 0 Å². The summed E-state index contributed by atoms with van der Waals surface area (Å²) in [6.07, 6.45) is 63.2. The smallest absolute Gasteiger partial charge is 0.335 e. The molecular weight excluding hydrogens is 1020 g/mol. The van der Waals surface area contributed by atoms with Gasteiger partial charge in [-0.2, -0.15) is 0 Å². The third kappa shape index (κ3) is 45.6. The second kappa shape index (κ2) is 55.9. The fraction of sp³-hybridized carbons (Fsp3) is 0.681. The Morgan fingerprint density at radius 3 is 1.19 bits per heavy atom. The van der Waals surface area contributed by atoms with Gasteiger partial charge in [0.25, 0.3) is 0 Å². The van der Waals surface area contributed by atoms with Crippen LogP contribution >= 0.6 is 0 Å². The van der Waals surface area contributed by atoms with Crippen LogP contribution in [0.1, 0.15) is 252 Å². The van der Waals surface area contributed by atoms with E-state index in [9.17, 15) is 34.5 Å². The molecule has 1 rings (SSSR count). The molecule has 0 aliphatic carbocycles. The van der Waals surface area contributed by atoms with Gasteiger partial charge in [0.05, 0.1) is 6.61 Å². The lowest BCUT2D eigenvalue weighted by molar-refractivity contribution is -0.301. The van der Waals surface area contributed by atoms with Gasteiger partial charge in [-0.25, -0.2) is 4.79 Å². The Kier molecular flexibility index (Phi) is 51.3. The number of hydrogen-bond donors (Lipinski definition) is 3. The second-order valence-electron chi connectivity index (χ2n) is 21.3. The molecule has 12 heteroatoms. The van der Waals surface area contributed by atoms with Crippen molar-refractivity contribution in [3.63, 3.8) is 0 Å². The molecule has 0 bridgehead atoms. The fourth-order valence-corrected chi connectivity index (χ4v) is 8.99. The van der Waals surface area contributed by atoms with Gasteiger partial charge in [0.1, 0.15) is 18.8 Å². The summed E-state index contributed by atoms with van der Waals surface area (Å²) in [7, 11) is 0. The van der Waals surface area contributed by atoms with E-state index in [4.69, 9.17) is 23.7 Å². The monoisotopic (exact) mass is 1130 g/mol. The number of carbonyl (C=O) groups is 4. The van der Waals surface area contributed by atoms with E-state index >= 15 is 0 Å². The van der Waals surface area contributed by atoms with Gasteiger partial charge in [0.15, 0.2) is 24.6 Å². The van der Waals surface area contributed by atoms with Crippen LogP contribution in [0, 0.1) is 0 Å². The molecule has 3 N–H and O–H groups in total. The Morgan fingerprint density at radius 2 is 0.778 bits per heavy atom. The quantitative estimate of drug-likeness (QED) is 0.0228. The average Bonchev–Trinajstić information content (AvgIpc) is 3.53. The maximum atomic E-state index is 13.2. The van der Waals surface area contributed by atoms with Crippen molar-refractivity contribution in [2.75, 3.05) is 13.2 Å². The lowest BCUT2D eigenvalue weighted by atomic mass is 9.98. The van der Waals surface area contributed by atoms with Gasteiger partial charge in [0, 0.05) is 19.3 Å². The maximum absolute atomic E-state index is 13.2. The standard InChI is InChI=1S/C69H112O12/c1-4-7-10-13-16-19-22-25-28-31-34-37-40-43-46-49-52-55-61(70)77-58-60(79-62(71)56-53-50-47-44-41-38-35-32-29-26-23-20-17-14-11-8-5-2)59-78-69-67(65(74)64(73)66(81-69)68(75)76)80-63(72)57-54-51-48-45-42-39-36-33-30-27-24-21-18-15-12-9-6-3/h7,9-10,12,16-21,25-30,36,39,60,64-67,69,73-74H,4-6,8,11,13-15,22-24,31-35,37-38,40-59H2,1-3H3,(H,75,76)/b10-7-,12-9-,19-16-,20-17-,21-18-,28-25-,29-26-,30-27-,39-36-. The van der Waals surface area contributed by atoms with Crippen LogP contribution in [-0.4, -0.2) is 89.2 Å². The summed E-state index contributed by atoms with van der Waals surface area (Å²) in [5.74, 6) is -3.18. The van der Waals surface area contributed by atoms with E-state index in [0.29, 0.717) is 19.3 Å². The number of aliphatic carboxylic acids is 1. The van der Waals surface area contributed by atoms with Crippen molar-refractivity contribution >= 4 is 23.9 Å². The molecule has 0 radical (unpaired) electrons. The van der Waals surface area contributed by atoms with Crippen molar-refractivity contribution in [3.8, 4) is 0 Å². The number of allylic oxidation sites excluding steroid dienone is 18. The summed E-state index contributed by atoms with van der Waals surface area (Å²) in [6.45, 7) is 5.73. The normalized spacial score (nSPS) is 18.5. The van der Waals surface area contributed by atoms with Crippen molar-refractivity contribution in [3.05, 3.63) is 109 Å². The number of aliphatic hydroxyl groups is 2. The number of carboxylic acids is 1. The van der Waals surface area contributed by atoms with Gasteiger partial charge < -0.3 is 39.0 Å². The van der Waals surface area contributed by atoms with E-state index in [-0.39, 0.29) is 25.9 Å². The topological polar surface area (TPSA) is 175 Å². The van der Waals surface area contributed by atoms with Gasteiger partial charge in [-0.1, -0.05) is 220 Å². The van der Waals surface area contributed by atoms with Crippen LogP contribution in [0.25, 0.3) is 0 Å². The predicted molar refractivity (Wildman–Crippen MR) is 330 cm³/mol. The van der Waals surface area contributed by atoms with E-state index < -0.39 is 67.3 Å². The first-order valence-electron chi connectivity index (χ1n) is 31.9. The minimum Gasteiger partial charge on any atom is -0.479 e. The molecule has 0 saturated carbocycles. The molecule has 1 fully saturated rings. The summed E-state index contributed by atoms with van der Waals surface area (Å²) in [5.41, 5.74) is 0. The highest BCUT2D eigenvalue weighted by molar-refractivity contribution is 5.74. The molecule has 6 unspecified atom stereocenters. The first-order chi connectivity index (χ1) is 39.6. The maximum Gasteiger partial charge on any atom is 0.335 e. The molecule has 1 aliphatic heterocycles. The summed E-state index contributed by atoms with van der Waals surface area (Å²) in [6, 6.07) is 0. The number of carbonyl (C=O) groups excluding carboxylic acids is 3. The van der Waals surface area contributed by atoms with Gasteiger partial charge in [-0.3, -0.25) is 14.4 Å². The van der Waals surface area contributed by atoms with Crippen LogP contribution in [-0.2, 0) is 42.9 Å². The molecule has 0 amide bonds. The Morgan fingerprint density at radius 1 is 0.420 bits per heavy atom. The van der Waals surface area contributed by atoms with E-state index in [1.165, 1.54) is 25.7 Å². The van der Waals surface area contributed by atoms with E-state index in [1.807, 2.05) is 0 Å². The van der Waals surface area contributed by atoms with Crippen molar-refractivity contribution < 1.29 is 58.2 Å². The number of rotatable bonds is 53. The first kappa shape index (κ1) is 74.4. The molecule has 1 saturated heterocycles. The molecule has 1 heterocycles. The van der Waals surface area contributed by atoms with Crippen LogP contribution in [0.15, 0.2) is 109 Å². The number of unbranched alkanes of at least 4 members (excludes halogenated alkanes) is 21. The first-order valence-corrected chi connectivity index (χ1v) is 31.9. The fourth-order valence-electron chi connectivity index (χ4n) is 8.99. The van der Waals surface area contributed by atoms with Crippen LogP contribution < -0.4 is 0 Å². The zero-order valence-corrected chi connectivity index (χ0v) is 50.7. The molecule has 0 spiro atoms. The number of aliphatic hydroxyl groups excluding tert-OH is 2. The molecular formula is C69H112O12. The van der Waals surface area contributed by atoms with Crippen LogP contribution in [0.2, 0.25) is 0 Å². The van der Waals surface area contributed by atoms with E-state index in [2.05, 4.69) is 130 Å². The molecule has 6 atom stereocenters. The Labute approximate surface area is 491 Å². The minimum absolute atomic E-state index is 0.0258. The summed E-state index contributed by atoms with van der Waals surface area (Å²) in [5, 5.41) is 31.6. The Hall–Kier alpha value is -4.62. The van der Waals surface area contributed by atoms with Gasteiger partial charge in [0.2, 0.25) is 0 Å². The van der Waals surface area contributed by atoms with Crippen LogP contribution in [0.4, 0.5) is 0 Å². The molecule has 81 heavy (non-hydrogen) atoms. The summed E-state index contributed by atoms with van der Waals surface area (Å²) >= 11 is 0. The largest absolute Gasteiger partial charge is 0.479 e. The number of hydrogen-bond acceptors (Lipinski definition) is 11. The zero-order chi connectivity index (χ0) is 58.9. The highest BCUT2D eigenvalue weighted by Crippen LogP contribution is 2.26.